The molecule has 0 atom stereocenters. The van der Waals surface area contributed by atoms with Crippen LogP contribution in [0.15, 0.2) is 23.8 Å². The maximum absolute atomic E-state index is 12.1. The van der Waals surface area contributed by atoms with Crippen molar-refractivity contribution < 1.29 is 23.9 Å². The summed E-state index contributed by atoms with van der Waals surface area (Å²) in [4.78, 5) is 37.8. The van der Waals surface area contributed by atoms with Crippen LogP contribution < -0.4 is 9.47 Å². The molecule has 7 heteroatoms. The number of rotatable bonds is 3. The fourth-order valence-electron chi connectivity index (χ4n) is 2.07. The Bertz CT molecular complexity index is 655. The molecular weight excluding hydrogens is 288 g/mol. The van der Waals surface area contributed by atoms with Crippen LogP contribution in [0, 0.1) is 0 Å². The summed E-state index contributed by atoms with van der Waals surface area (Å²) in [6, 6.07) is 4.34. The maximum atomic E-state index is 12.1. The largest absolute Gasteiger partial charge is 0.497 e. The topological polar surface area (TPSA) is 76.2 Å². The molecule has 1 aromatic carbocycles. The Kier molecular flexibility index (Phi) is 4.16. The number of methoxy groups -OCH3 is 2. The van der Waals surface area contributed by atoms with Gasteiger partial charge in [-0.25, -0.2) is 4.79 Å². The van der Waals surface area contributed by atoms with Crippen molar-refractivity contribution in [2.75, 3.05) is 28.3 Å². The summed E-state index contributed by atoms with van der Waals surface area (Å²) in [7, 11) is 5.65. The SMILES string of the molecule is COc1ccc(C=C2C(=O)N(C)C(=O)N(C)C2=O)c(OC)c1. The lowest BCUT2D eigenvalue weighted by atomic mass is 10.1. The summed E-state index contributed by atoms with van der Waals surface area (Å²) >= 11 is 0. The molecule has 0 aliphatic carbocycles. The highest BCUT2D eigenvalue weighted by Gasteiger charge is 2.37. The van der Waals surface area contributed by atoms with Gasteiger partial charge in [-0.05, 0) is 18.2 Å². The van der Waals surface area contributed by atoms with E-state index in [1.54, 1.807) is 18.2 Å². The van der Waals surface area contributed by atoms with Crippen molar-refractivity contribution in [2.24, 2.45) is 0 Å². The molecule has 0 unspecified atom stereocenters. The Labute approximate surface area is 127 Å². The summed E-state index contributed by atoms with van der Waals surface area (Å²) in [6.45, 7) is 0. The zero-order valence-corrected chi connectivity index (χ0v) is 12.7. The van der Waals surface area contributed by atoms with Crippen LogP contribution in [0.1, 0.15) is 5.56 Å². The summed E-state index contributed by atoms with van der Waals surface area (Å²) in [5.41, 5.74) is 0.434. The Hall–Kier alpha value is -2.83. The molecule has 1 aliphatic heterocycles. The monoisotopic (exact) mass is 304 g/mol. The molecular formula is C15H16N2O5. The van der Waals surface area contributed by atoms with Gasteiger partial charge < -0.3 is 9.47 Å². The van der Waals surface area contributed by atoms with Gasteiger partial charge in [0, 0.05) is 25.7 Å². The highest BCUT2D eigenvalue weighted by molar-refractivity contribution is 6.30. The summed E-state index contributed by atoms with van der Waals surface area (Å²) < 4.78 is 10.3. The highest BCUT2D eigenvalue weighted by atomic mass is 16.5. The van der Waals surface area contributed by atoms with Crippen LogP contribution in [0.25, 0.3) is 6.08 Å². The second kappa shape index (κ2) is 5.88. The average molecular weight is 304 g/mol. The van der Waals surface area contributed by atoms with E-state index in [1.165, 1.54) is 34.4 Å². The molecule has 1 heterocycles. The second-order valence-corrected chi connectivity index (χ2v) is 4.68. The number of likely N-dealkylation sites (N-methyl/N-ethyl adjacent to an activating group) is 2. The van der Waals surface area contributed by atoms with E-state index < -0.39 is 17.8 Å². The fourth-order valence-corrected chi connectivity index (χ4v) is 2.07. The van der Waals surface area contributed by atoms with E-state index in [0.717, 1.165) is 9.80 Å². The summed E-state index contributed by atoms with van der Waals surface area (Å²) in [5.74, 6) is -0.253. The first kappa shape index (κ1) is 15.6. The number of hydrogen-bond acceptors (Lipinski definition) is 5. The quantitative estimate of drug-likeness (QED) is 0.618. The molecule has 116 valence electrons. The van der Waals surface area contributed by atoms with Crippen molar-refractivity contribution in [3.63, 3.8) is 0 Å². The van der Waals surface area contributed by atoms with E-state index in [2.05, 4.69) is 0 Å². The Morgan fingerprint density at radius 2 is 1.55 bits per heavy atom. The van der Waals surface area contributed by atoms with Crippen LogP contribution in [0.5, 0.6) is 11.5 Å². The smallest absolute Gasteiger partial charge is 0.333 e. The van der Waals surface area contributed by atoms with E-state index in [9.17, 15) is 14.4 Å². The molecule has 0 bridgehead atoms. The van der Waals surface area contributed by atoms with E-state index >= 15 is 0 Å². The molecule has 0 N–H and O–H groups in total. The molecule has 22 heavy (non-hydrogen) atoms. The van der Waals surface area contributed by atoms with Gasteiger partial charge in [-0.15, -0.1) is 0 Å². The van der Waals surface area contributed by atoms with Crippen molar-refractivity contribution in [2.45, 2.75) is 0 Å². The molecule has 0 saturated carbocycles. The summed E-state index contributed by atoms with van der Waals surface area (Å²) in [6.07, 6.45) is 1.41. The Morgan fingerprint density at radius 1 is 0.955 bits per heavy atom. The Balaban J connectivity index is 2.50. The molecule has 2 rings (SSSR count). The second-order valence-electron chi connectivity index (χ2n) is 4.68. The fraction of sp³-hybridized carbons (Fsp3) is 0.267. The predicted octanol–water partition coefficient (Wildman–Crippen LogP) is 1.14. The van der Waals surface area contributed by atoms with Crippen LogP contribution in [0.4, 0.5) is 4.79 Å². The van der Waals surface area contributed by atoms with Crippen LogP contribution >= 0.6 is 0 Å². The van der Waals surface area contributed by atoms with E-state index in [-0.39, 0.29) is 5.57 Å². The number of ether oxygens (including phenoxy) is 2. The molecule has 0 radical (unpaired) electrons. The third-order valence-electron chi connectivity index (χ3n) is 3.38. The lowest BCUT2D eigenvalue weighted by molar-refractivity contribution is -0.134. The minimum Gasteiger partial charge on any atom is -0.497 e. The molecule has 4 amide bonds. The van der Waals surface area contributed by atoms with Crippen molar-refractivity contribution in [1.29, 1.82) is 0 Å². The maximum Gasteiger partial charge on any atom is 0.333 e. The average Bonchev–Trinajstić information content (AvgIpc) is 2.55. The normalized spacial score (nSPS) is 15.3. The van der Waals surface area contributed by atoms with Crippen LogP contribution in [-0.2, 0) is 9.59 Å². The van der Waals surface area contributed by atoms with E-state index in [1.807, 2.05) is 0 Å². The molecule has 0 aromatic heterocycles. The van der Waals surface area contributed by atoms with E-state index in [0.29, 0.717) is 17.1 Å². The third-order valence-corrected chi connectivity index (χ3v) is 3.38. The van der Waals surface area contributed by atoms with Gasteiger partial charge in [0.25, 0.3) is 11.8 Å². The number of nitrogens with zero attached hydrogens (tertiary/aromatic N) is 2. The number of hydrogen-bond donors (Lipinski definition) is 0. The first-order valence-corrected chi connectivity index (χ1v) is 6.44. The standard InChI is InChI=1S/C15H16N2O5/c1-16-13(18)11(14(19)17(2)15(16)20)7-9-5-6-10(21-3)8-12(9)22-4/h5-8H,1-4H3. The lowest BCUT2D eigenvalue weighted by Crippen LogP contribution is -2.52. The molecule has 1 aromatic rings. The predicted molar refractivity (Wildman–Crippen MR) is 78.5 cm³/mol. The lowest BCUT2D eigenvalue weighted by Gasteiger charge is -2.28. The van der Waals surface area contributed by atoms with Crippen LogP contribution in [0.2, 0.25) is 0 Å². The zero-order valence-electron chi connectivity index (χ0n) is 12.7. The van der Waals surface area contributed by atoms with Crippen LogP contribution in [0.3, 0.4) is 0 Å². The molecule has 1 aliphatic rings. The Morgan fingerprint density at radius 3 is 2.05 bits per heavy atom. The van der Waals surface area contributed by atoms with Crippen molar-refractivity contribution in [1.82, 2.24) is 9.80 Å². The van der Waals surface area contributed by atoms with Gasteiger partial charge in [0.1, 0.15) is 17.1 Å². The molecule has 0 spiro atoms. The number of benzene rings is 1. The van der Waals surface area contributed by atoms with Gasteiger partial charge in [0.05, 0.1) is 14.2 Å². The van der Waals surface area contributed by atoms with Crippen molar-refractivity contribution in [3.8, 4) is 11.5 Å². The highest BCUT2D eigenvalue weighted by Crippen LogP contribution is 2.28. The first-order valence-electron chi connectivity index (χ1n) is 6.44. The first-order chi connectivity index (χ1) is 10.4. The number of imide groups is 2. The van der Waals surface area contributed by atoms with Crippen LogP contribution in [-0.4, -0.2) is 56.0 Å². The number of amides is 4. The van der Waals surface area contributed by atoms with Gasteiger partial charge in [-0.1, -0.05) is 0 Å². The zero-order chi connectivity index (χ0) is 16.4. The minimum atomic E-state index is -0.658. The number of barbiturate groups is 1. The van der Waals surface area contributed by atoms with Gasteiger partial charge in [-0.2, -0.15) is 0 Å². The van der Waals surface area contributed by atoms with Gasteiger partial charge in [0.15, 0.2) is 0 Å². The molecule has 7 nitrogen and oxygen atoms in total. The number of carbonyl (C=O) groups is 3. The summed E-state index contributed by atoms with van der Waals surface area (Å²) in [5, 5.41) is 0. The van der Waals surface area contributed by atoms with Crippen molar-refractivity contribution >= 4 is 23.9 Å². The number of carbonyl (C=O) groups excluding carboxylic acids is 3. The minimum absolute atomic E-state index is 0.104. The van der Waals surface area contributed by atoms with Crippen molar-refractivity contribution in [3.05, 3.63) is 29.3 Å². The molecule has 1 fully saturated rings. The third kappa shape index (κ3) is 2.52. The van der Waals surface area contributed by atoms with Gasteiger partial charge in [0.2, 0.25) is 0 Å². The van der Waals surface area contributed by atoms with Gasteiger partial charge >= 0.3 is 6.03 Å². The van der Waals surface area contributed by atoms with E-state index in [4.69, 9.17) is 9.47 Å². The molecule has 1 saturated heterocycles. The number of urea groups is 1. The van der Waals surface area contributed by atoms with Gasteiger partial charge in [-0.3, -0.25) is 19.4 Å².